The van der Waals surface area contributed by atoms with Gasteiger partial charge in [-0.25, -0.2) is 0 Å². The van der Waals surface area contributed by atoms with Gasteiger partial charge in [-0.15, -0.1) is 0 Å². The highest BCUT2D eigenvalue weighted by atomic mass is 16.6. The van der Waals surface area contributed by atoms with Gasteiger partial charge in [0.25, 0.3) is 0 Å². The van der Waals surface area contributed by atoms with Gasteiger partial charge in [0.15, 0.2) is 5.78 Å². The first-order valence-electron chi connectivity index (χ1n) is 29.4. The zero-order valence-corrected chi connectivity index (χ0v) is 51.1. The number of allylic oxidation sites excluding steroid dienone is 18. The zero-order valence-electron chi connectivity index (χ0n) is 51.1. The maximum atomic E-state index is 13.6. The molecule has 0 aliphatic heterocycles. The summed E-state index contributed by atoms with van der Waals surface area (Å²) in [6.45, 7) is 28.5. The van der Waals surface area contributed by atoms with Crippen LogP contribution in [0, 0.1) is 10.8 Å². The van der Waals surface area contributed by atoms with Crippen LogP contribution in [0.5, 0.6) is 0 Å². The van der Waals surface area contributed by atoms with Crippen molar-refractivity contribution >= 4 is 29.3 Å². The third kappa shape index (κ3) is 34.3. The molecule has 0 aromatic rings. The van der Waals surface area contributed by atoms with Crippen molar-refractivity contribution in [1.29, 1.82) is 0 Å². The van der Waals surface area contributed by atoms with E-state index in [1.807, 2.05) is 44.2 Å². The Morgan fingerprint density at radius 3 is 1.46 bits per heavy atom. The molecule has 0 spiro atoms. The SMILES string of the molecule is CC(=O)CCOCCOCCOCCOCCC(=O)NCCOCCOCCCC(=O)[C@H](CCCCNC(=O)/C=C(C)/C=C/C=C(C)/C=C/C1=C(C)CCCC1(C)C)NC(=O)/C=C(C)/C=C/C=C(C)/C=C/C1=C(C)CCCC1(C)C. The second-order valence-electron chi connectivity index (χ2n) is 22.5. The largest absolute Gasteiger partial charge is 0.379 e. The normalized spacial score (nSPS) is 16.9. The molecule has 1 atom stereocenters. The fourth-order valence-corrected chi connectivity index (χ4v) is 9.38. The molecular formula is C66H103N3O11. The number of unbranched alkanes of at least 4 members (excludes halogenated alkanes) is 1. The third-order valence-corrected chi connectivity index (χ3v) is 14.0. The molecule has 0 aromatic carbocycles. The minimum atomic E-state index is -0.688. The molecule has 0 heterocycles. The van der Waals surface area contributed by atoms with Gasteiger partial charge in [-0.3, -0.25) is 24.0 Å². The summed E-state index contributed by atoms with van der Waals surface area (Å²) in [5.74, 6) is -0.626. The number of amides is 3. The molecule has 3 N–H and O–H groups in total. The molecular weight excluding hydrogens is 1010 g/mol. The van der Waals surface area contributed by atoms with Crippen LogP contribution in [0.4, 0.5) is 0 Å². The lowest BCUT2D eigenvalue weighted by molar-refractivity contribution is -0.126. The van der Waals surface area contributed by atoms with Crippen LogP contribution in [-0.4, -0.2) is 128 Å². The minimum absolute atomic E-state index is 0.0758. The molecule has 0 radical (unpaired) electrons. The standard InChI is InChI=1S/C66H103N3O11/c1-51(27-29-58-55(5)23-16-33-65(58,8)9)19-14-21-53(3)49-63(73)67-35-13-12-25-60(69-64(74)50-54(4)22-15-20-52(2)28-30-59-56(6)24-17-34-66(59,10)11)61(71)26-18-37-75-41-44-78-40-36-68-62(72)32-39-77-43-46-80-48-47-79-45-42-76-38-31-57(7)70/h14-15,19-22,27-30,49-50,60H,12-13,16-18,23-26,31-48H2,1-11H3,(H,67,73)(H,68,72)(H,69,74)/b21-14+,22-15+,29-27+,30-28+,51-19+,52-20+,53-49+,54-50+/t60-/m0/s1. The number of carbonyl (C=O) groups excluding carboxylic acids is 5. The summed E-state index contributed by atoms with van der Waals surface area (Å²) in [6.07, 6.45) is 33.9. The molecule has 0 bridgehead atoms. The molecule has 14 nitrogen and oxygen atoms in total. The van der Waals surface area contributed by atoms with Crippen LogP contribution in [0.25, 0.3) is 0 Å². The summed E-state index contributed by atoms with van der Waals surface area (Å²) in [6, 6.07) is -0.688. The Morgan fingerprint density at radius 2 is 0.963 bits per heavy atom. The number of ether oxygens (including phenoxy) is 6. The number of rotatable bonds is 42. The van der Waals surface area contributed by atoms with Crippen molar-refractivity contribution in [3.05, 3.63) is 117 Å². The van der Waals surface area contributed by atoms with E-state index in [1.54, 1.807) is 6.08 Å². The van der Waals surface area contributed by atoms with Gasteiger partial charge in [0.1, 0.15) is 5.78 Å². The summed E-state index contributed by atoms with van der Waals surface area (Å²) in [5, 5.41) is 8.73. The highest BCUT2D eigenvalue weighted by Gasteiger charge is 2.27. The van der Waals surface area contributed by atoms with E-state index in [2.05, 4.69) is 102 Å². The monoisotopic (exact) mass is 1110 g/mol. The zero-order chi connectivity index (χ0) is 59.0. The first-order valence-corrected chi connectivity index (χ1v) is 29.4. The van der Waals surface area contributed by atoms with Gasteiger partial charge in [0.2, 0.25) is 17.7 Å². The number of carbonyl (C=O) groups is 5. The molecule has 0 unspecified atom stereocenters. The molecule has 2 rings (SSSR count). The summed E-state index contributed by atoms with van der Waals surface area (Å²) >= 11 is 0. The molecule has 448 valence electrons. The van der Waals surface area contributed by atoms with Crippen LogP contribution in [-0.2, 0) is 52.4 Å². The average Bonchev–Trinajstić information content (AvgIpc) is 3.44. The highest BCUT2D eigenvalue weighted by molar-refractivity contribution is 5.94. The van der Waals surface area contributed by atoms with Crippen LogP contribution in [0.2, 0.25) is 0 Å². The smallest absolute Gasteiger partial charge is 0.244 e. The van der Waals surface area contributed by atoms with Gasteiger partial charge in [-0.1, -0.05) is 111 Å². The summed E-state index contributed by atoms with van der Waals surface area (Å²) in [7, 11) is 0. The maximum Gasteiger partial charge on any atom is 0.244 e. The van der Waals surface area contributed by atoms with Gasteiger partial charge >= 0.3 is 0 Å². The molecule has 2 aliphatic rings. The van der Waals surface area contributed by atoms with E-state index >= 15 is 0 Å². The minimum Gasteiger partial charge on any atom is -0.379 e. The Kier molecular flexibility index (Phi) is 37.1. The van der Waals surface area contributed by atoms with Crippen LogP contribution in [0.1, 0.15) is 160 Å². The molecule has 14 heteroatoms. The topological polar surface area (TPSA) is 177 Å². The van der Waals surface area contributed by atoms with Crippen molar-refractivity contribution in [2.75, 3.05) is 92.4 Å². The van der Waals surface area contributed by atoms with Crippen molar-refractivity contribution in [2.45, 2.75) is 166 Å². The van der Waals surface area contributed by atoms with E-state index in [4.69, 9.17) is 28.4 Å². The van der Waals surface area contributed by atoms with Gasteiger partial charge < -0.3 is 44.4 Å². The lowest BCUT2D eigenvalue weighted by Crippen LogP contribution is -2.40. The molecule has 80 heavy (non-hydrogen) atoms. The van der Waals surface area contributed by atoms with Crippen molar-refractivity contribution in [3.8, 4) is 0 Å². The predicted molar refractivity (Wildman–Crippen MR) is 323 cm³/mol. The molecule has 3 amide bonds. The van der Waals surface area contributed by atoms with Crippen LogP contribution < -0.4 is 16.0 Å². The van der Waals surface area contributed by atoms with Gasteiger partial charge in [-0.05, 0) is 146 Å². The lowest BCUT2D eigenvalue weighted by Gasteiger charge is -2.33. The van der Waals surface area contributed by atoms with Crippen molar-refractivity contribution in [2.24, 2.45) is 10.8 Å². The Balaban J connectivity index is 1.79. The van der Waals surface area contributed by atoms with Crippen molar-refractivity contribution in [3.63, 3.8) is 0 Å². The predicted octanol–water partition coefficient (Wildman–Crippen LogP) is 11.8. The number of hydrogen-bond acceptors (Lipinski definition) is 11. The van der Waals surface area contributed by atoms with E-state index in [0.717, 1.165) is 35.1 Å². The Hall–Kier alpha value is -5.09. The second kappa shape index (κ2) is 41.8. The fraction of sp³-hybridized carbons (Fsp3) is 0.621. The summed E-state index contributed by atoms with van der Waals surface area (Å²) < 4.78 is 33.0. The average molecular weight is 1110 g/mol. The molecule has 0 saturated carbocycles. The quantitative estimate of drug-likeness (QED) is 0.0301. The van der Waals surface area contributed by atoms with E-state index in [0.29, 0.717) is 118 Å². The van der Waals surface area contributed by atoms with E-state index in [-0.39, 0.29) is 59.6 Å². The summed E-state index contributed by atoms with van der Waals surface area (Å²) in [4.78, 5) is 62.7. The van der Waals surface area contributed by atoms with Gasteiger partial charge in [-0.2, -0.15) is 0 Å². The fourth-order valence-electron chi connectivity index (χ4n) is 9.38. The van der Waals surface area contributed by atoms with Crippen LogP contribution in [0.15, 0.2) is 117 Å². The second-order valence-corrected chi connectivity index (χ2v) is 22.5. The third-order valence-electron chi connectivity index (χ3n) is 14.0. The number of Topliss-reactive ketones (excluding diaryl/α,β-unsaturated/α-hetero) is 2. The molecule has 0 fully saturated rings. The molecule has 0 aromatic heterocycles. The first-order chi connectivity index (χ1) is 38.2. The number of hydrogen-bond donors (Lipinski definition) is 3. The van der Waals surface area contributed by atoms with Crippen molar-refractivity contribution in [1.82, 2.24) is 16.0 Å². The first kappa shape index (κ1) is 71.0. The van der Waals surface area contributed by atoms with Gasteiger partial charge in [0, 0.05) is 51.1 Å². The molecule has 0 saturated heterocycles. The Labute approximate surface area is 482 Å². The highest BCUT2D eigenvalue weighted by Crippen LogP contribution is 2.42. The number of nitrogens with one attached hydrogen (secondary N) is 3. The Morgan fingerprint density at radius 1 is 0.500 bits per heavy atom. The molecule has 2 aliphatic carbocycles. The van der Waals surface area contributed by atoms with Crippen molar-refractivity contribution < 1.29 is 52.4 Å². The maximum absolute atomic E-state index is 13.6. The van der Waals surface area contributed by atoms with E-state index < -0.39 is 6.04 Å². The van der Waals surface area contributed by atoms with Crippen LogP contribution in [0.3, 0.4) is 0 Å². The summed E-state index contributed by atoms with van der Waals surface area (Å²) in [5.41, 5.74) is 9.97. The van der Waals surface area contributed by atoms with Gasteiger partial charge in [0.05, 0.1) is 78.7 Å². The number of ketones is 2. The lowest BCUT2D eigenvalue weighted by atomic mass is 9.72. The van der Waals surface area contributed by atoms with Crippen LogP contribution >= 0.6 is 0 Å². The van der Waals surface area contributed by atoms with E-state index in [9.17, 15) is 24.0 Å². The van der Waals surface area contributed by atoms with E-state index in [1.165, 1.54) is 61.0 Å². The Bertz CT molecular complexity index is 2240.